The Kier molecular flexibility index (Phi) is 4.35. The first-order chi connectivity index (χ1) is 13.0. The number of aromatic nitrogens is 2. The fraction of sp³-hybridized carbons (Fsp3) is 0.250. The zero-order chi connectivity index (χ0) is 19.0. The van der Waals surface area contributed by atoms with Gasteiger partial charge in [-0.15, -0.1) is 0 Å². The van der Waals surface area contributed by atoms with E-state index in [1.807, 2.05) is 25.1 Å². The number of hydrogen-bond donors (Lipinski definition) is 0. The number of anilines is 1. The van der Waals surface area contributed by atoms with Crippen LogP contribution in [0, 0.1) is 12.7 Å². The Hall–Kier alpha value is -3.22. The minimum atomic E-state index is -0.329. The molecule has 0 bridgehead atoms. The Balaban J connectivity index is 1.57. The molecule has 0 spiro atoms. The van der Waals surface area contributed by atoms with E-state index in [9.17, 15) is 9.18 Å². The van der Waals surface area contributed by atoms with Crippen molar-refractivity contribution in [1.29, 1.82) is 0 Å². The SMILES string of the molecule is COc1ccc(C)c(N2CC(c3noc(-c4ccc(F)cc4)n3)CC2=O)c1. The highest BCUT2D eigenvalue weighted by atomic mass is 19.1. The zero-order valence-corrected chi connectivity index (χ0v) is 15.0. The number of ether oxygens (including phenoxy) is 1. The molecule has 138 valence electrons. The molecule has 3 aromatic rings. The minimum absolute atomic E-state index is 0.00415. The van der Waals surface area contributed by atoms with Gasteiger partial charge in [0.15, 0.2) is 5.82 Å². The maximum absolute atomic E-state index is 13.1. The van der Waals surface area contributed by atoms with E-state index in [2.05, 4.69) is 10.1 Å². The highest BCUT2D eigenvalue weighted by Gasteiger charge is 2.35. The van der Waals surface area contributed by atoms with E-state index in [4.69, 9.17) is 9.26 Å². The van der Waals surface area contributed by atoms with Crippen LogP contribution in [0.5, 0.6) is 5.75 Å². The van der Waals surface area contributed by atoms with E-state index in [1.54, 1.807) is 24.1 Å². The molecular weight excluding hydrogens is 349 g/mol. The second-order valence-corrected chi connectivity index (χ2v) is 6.52. The van der Waals surface area contributed by atoms with E-state index >= 15 is 0 Å². The van der Waals surface area contributed by atoms with Crippen LogP contribution in [0.25, 0.3) is 11.5 Å². The van der Waals surface area contributed by atoms with E-state index in [0.717, 1.165) is 11.3 Å². The van der Waals surface area contributed by atoms with Gasteiger partial charge in [0.05, 0.1) is 12.8 Å². The minimum Gasteiger partial charge on any atom is -0.497 e. The summed E-state index contributed by atoms with van der Waals surface area (Å²) in [4.78, 5) is 18.7. The van der Waals surface area contributed by atoms with Gasteiger partial charge in [0.2, 0.25) is 5.91 Å². The first kappa shape index (κ1) is 17.2. The lowest BCUT2D eigenvalue weighted by Gasteiger charge is -2.19. The number of hydrogen-bond acceptors (Lipinski definition) is 5. The van der Waals surface area contributed by atoms with Crippen molar-refractivity contribution in [2.45, 2.75) is 19.3 Å². The molecule has 1 fully saturated rings. The summed E-state index contributed by atoms with van der Waals surface area (Å²) in [5.74, 6) is 0.999. The fourth-order valence-corrected chi connectivity index (χ4v) is 3.23. The van der Waals surface area contributed by atoms with Gasteiger partial charge < -0.3 is 14.2 Å². The van der Waals surface area contributed by atoms with Crippen molar-refractivity contribution in [3.63, 3.8) is 0 Å². The summed E-state index contributed by atoms with van der Waals surface area (Å²) in [6, 6.07) is 11.5. The summed E-state index contributed by atoms with van der Waals surface area (Å²) < 4.78 is 23.6. The molecule has 0 N–H and O–H groups in total. The summed E-state index contributed by atoms with van der Waals surface area (Å²) in [7, 11) is 1.60. The van der Waals surface area contributed by atoms with Gasteiger partial charge in [-0.3, -0.25) is 4.79 Å². The number of methoxy groups -OCH3 is 1. The van der Waals surface area contributed by atoms with Gasteiger partial charge in [-0.25, -0.2) is 4.39 Å². The van der Waals surface area contributed by atoms with Crippen LogP contribution in [-0.4, -0.2) is 29.7 Å². The molecule has 2 aromatic carbocycles. The van der Waals surface area contributed by atoms with Gasteiger partial charge in [-0.05, 0) is 42.8 Å². The maximum Gasteiger partial charge on any atom is 0.257 e. The number of aryl methyl sites for hydroxylation is 1. The number of carbonyl (C=O) groups excluding carboxylic acids is 1. The van der Waals surface area contributed by atoms with E-state index in [0.29, 0.717) is 36.0 Å². The molecule has 0 aliphatic carbocycles. The molecule has 1 aliphatic heterocycles. The summed E-state index contributed by atoms with van der Waals surface area (Å²) in [5, 5.41) is 4.03. The molecule has 1 atom stereocenters. The molecule has 27 heavy (non-hydrogen) atoms. The molecule has 0 saturated carbocycles. The lowest BCUT2D eigenvalue weighted by molar-refractivity contribution is -0.117. The topological polar surface area (TPSA) is 68.5 Å². The fourth-order valence-electron chi connectivity index (χ4n) is 3.23. The Morgan fingerprint density at radius 3 is 2.74 bits per heavy atom. The van der Waals surface area contributed by atoms with Gasteiger partial charge in [0.25, 0.3) is 5.89 Å². The molecule has 1 amide bonds. The second kappa shape index (κ2) is 6.83. The van der Waals surface area contributed by atoms with E-state index in [-0.39, 0.29) is 17.6 Å². The van der Waals surface area contributed by atoms with Crippen LogP contribution >= 0.6 is 0 Å². The molecule has 1 unspecified atom stereocenters. The van der Waals surface area contributed by atoms with E-state index in [1.165, 1.54) is 12.1 Å². The molecular formula is C20H18FN3O3. The highest BCUT2D eigenvalue weighted by molar-refractivity contribution is 5.97. The smallest absolute Gasteiger partial charge is 0.257 e. The summed E-state index contributed by atoms with van der Waals surface area (Å²) >= 11 is 0. The van der Waals surface area contributed by atoms with Crippen molar-refractivity contribution in [3.8, 4) is 17.2 Å². The van der Waals surface area contributed by atoms with Crippen LogP contribution in [-0.2, 0) is 4.79 Å². The van der Waals surface area contributed by atoms with Crippen LogP contribution in [0.4, 0.5) is 10.1 Å². The van der Waals surface area contributed by atoms with Crippen molar-refractivity contribution >= 4 is 11.6 Å². The number of halogens is 1. The normalized spacial score (nSPS) is 16.8. The number of carbonyl (C=O) groups is 1. The van der Waals surface area contributed by atoms with Crippen molar-refractivity contribution in [2.24, 2.45) is 0 Å². The average Bonchev–Trinajstić information content (AvgIpc) is 3.30. The summed E-state index contributed by atoms with van der Waals surface area (Å²) in [6.07, 6.45) is 0.305. The van der Waals surface area contributed by atoms with Gasteiger partial charge in [0.1, 0.15) is 11.6 Å². The van der Waals surface area contributed by atoms with Crippen LogP contribution in [0.2, 0.25) is 0 Å². The molecule has 6 nitrogen and oxygen atoms in total. The Morgan fingerprint density at radius 1 is 1.22 bits per heavy atom. The predicted octanol–water partition coefficient (Wildman–Crippen LogP) is 3.71. The Bertz CT molecular complexity index is 984. The average molecular weight is 367 g/mol. The lowest BCUT2D eigenvalue weighted by atomic mass is 10.1. The van der Waals surface area contributed by atoms with E-state index < -0.39 is 0 Å². The van der Waals surface area contributed by atoms with Gasteiger partial charge in [0, 0.05) is 30.5 Å². The second-order valence-electron chi connectivity index (χ2n) is 6.52. The standard InChI is InChI=1S/C20H18FN3O3/c1-12-3-8-16(26-2)10-17(12)24-11-14(9-18(24)25)19-22-20(27-23-19)13-4-6-15(21)7-5-13/h3-8,10,14H,9,11H2,1-2H3. The van der Waals surface area contributed by atoms with Crippen molar-refractivity contribution in [1.82, 2.24) is 10.1 Å². The van der Waals surface area contributed by atoms with Gasteiger partial charge in [-0.1, -0.05) is 11.2 Å². The van der Waals surface area contributed by atoms with Gasteiger partial charge in [-0.2, -0.15) is 4.98 Å². The monoisotopic (exact) mass is 367 g/mol. The first-order valence-electron chi connectivity index (χ1n) is 8.59. The Morgan fingerprint density at radius 2 is 2.00 bits per heavy atom. The number of rotatable bonds is 4. The van der Waals surface area contributed by atoms with Crippen molar-refractivity contribution < 1.29 is 18.4 Å². The van der Waals surface area contributed by atoms with Crippen molar-refractivity contribution in [3.05, 3.63) is 59.7 Å². The predicted molar refractivity (Wildman–Crippen MR) is 97.1 cm³/mol. The largest absolute Gasteiger partial charge is 0.497 e. The maximum atomic E-state index is 13.1. The quantitative estimate of drug-likeness (QED) is 0.703. The summed E-state index contributed by atoms with van der Waals surface area (Å²) in [5.41, 5.74) is 2.45. The highest BCUT2D eigenvalue weighted by Crippen LogP contribution is 2.34. The molecule has 1 aliphatic rings. The molecule has 7 heteroatoms. The number of nitrogens with zero attached hydrogens (tertiary/aromatic N) is 3. The lowest BCUT2D eigenvalue weighted by Crippen LogP contribution is -2.25. The summed E-state index contributed by atoms with van der Waals surface area (Å²) in [6.45, 7) is 2.42. The van der Waals surface area contributed by atoms with Crippen LogP contribution < -0.4 is 9.64 Å². The third-order valence-electron chi connectivity index (χ3n) is 4.73. The first-order valence-corrected chi connectivity index (χ1v) is 8.59. The molecule has 4 rings (SSSR count). The van der Waals surface area contributed by atoms with Crippen LogP contribution in [0.3, 0.4) is 0 Å². The van der Waals surface area contributed by atoms with Crippen LogP contribution in [0.15, 0.2) is 47.0 Å². The number of benzene rings is 2. The molecule has 1 saturated heterocycles. The number of amides is 1. The Labute approximate surface area is 155 Å². The van der Waals surface area contributed by atoms with Gasteiger partial charge >= 0.3 is 0 Å². The molecule has 2 heterocycles. The third kappa shape index (κ3) is 3.28. The molecule has 0 radical (unpaired) electrons. The van der Waals surface area contributed by atoms with Crippen molar-refractivity contribution in [2.75, 3.05) is 18.6 Å². The molecule has 1 aromatic heterocycles. The zero-order valence-electron chi connectivity index (χ0n) is 15.0. The van der Waals surface area contributed by atoms with Crippen LogP contribution in [0.1, 0.15) is 23.7 Å². The third-order valence-corrected chi connectivity index (χ3v) is 4.73.